The fourth-order valence-corrected chi connectivity index (χ4v) is 4.84. The summed E-state index contributed by atoms with van der Waals surface area (Å²) in [6, 6.07) is 12.7. The lowest BCUT2D eigenvalue weighted by Crippen LogP contribution is -2.43. The van der Waals surface area contributed by atoms with Crippen LogP contribution < -0.4 is 16.6 Å². The quantitative estimate of drug-likeness (QED) is 0.285. The van der Waals surface area contributed by atoms with Gasteiger partial charge in [-0.1, -0.05) is 43.6 Å². The Bertz CT molecular complexity index is 1210. The monoisotopic (exact) mass is 544 g/mol. The van der Waals surface area contributed by atoms with Crippen molar-refractivity contribution < 1.29 is 15.0 Å². The van der Waals surface area contributed by atoms with E-state index in [-0.39, 0.29) is 17.7 Å². The van der Waals surface area contributed by atoms with Crippen molar-refractivity contribution in [3.05, 3.63) is 74.5 Å². The minimum atomic E-state index is -0.692. The Hall–Kier alpha value is -2.91. The van der Waals surface area contributed by atoms with Crippen LogP contribution in [0.2, 0.25) is 5.02 Å². The fraction of sp³-hybridized carbons (Fsp3) is 0.448. The van der Waals surface area contributed by atoms with E-state index in [1.807, 2.05) is 12.1 Å². The molecule has 0 spiro atoms. The maximum absolute atomic E-state index is 11.5. The summed E-state index contributed by atoms with van der Waals surface area (Å²) in [5, 5.41) is 25.5. The number of aliphatic hydroxyl groups is 1. The predicted octanol–water partition coefficient (Wildman–Crippen LogP) is 4.04. The van der Waals surface area contributed by atoms with Crippen LogP contribution in [0.15, 0.2) is 47.3 Å². The van der Waals surface area contributed by atoms with Crippen LogP contribution in [-0.4, -0.2) is 58.7 Å². The Kier molecular flexibility index (Phi) is 13.3. The number of nitrogens with zero attached hydrogens (tertiary/aromatic N) is 1. The number of primary amides is 1. The second-order valence-corrected chi connectivity index (χ2v) is 9.75. The van der Waals surface area contributed by atoms with Crippen molar-refractivity contribution in [2.75, 3.05) is 26.2 Å². The molecular weight excluding hydrogens is 504 g/mol. The van der Waals surface area contributed by atoms with Crippen molar-refractivity contribution in [2.24, 2.45) is 5.73 Å². The van der Waals surface area contributed by atoms with Gasteiger partial charge >= 0.3 is 0 Å². The first kappa shape index (κ1) is 31.3. The third kappa shape index (κ3) is 9.13. The highest BCUT2D eigenvalue weighted by atomic mass is 35.5. The molecule has 0 aliphatic carbocycles. The second-order valence-electron chi connectivity index (χ2n) is 9.34. The Balaban J connectivity index is 0.000000324. The molecule has 6 N–H and O–H groups in total. The minimum Gasteiger partial charge on any atom is -0.506 e. The van der Waals surface area contributed by atoms with Gasteiger partial charge in [0.25, 0.3) is 0 Å². The van der Waals surface area contributed by atoms with Gasteiger partial charge in [-0.2, -0.15) is 0 Å². The Morgan fingerprint density at radius 1 is 1.18 bits per heavy atom. The number of aryl methyl sites for hydroxylation is 1. The Morgan fingerprint density at radius 2 is 1.87 bits per heavy atom. The highest BCUT2D eigenvalue weighted by Crippen LogP contribution is 2.28. The zero-order valence-corrected chi connectivity index (χ0v) is 23.3. The zero-order chi connectivity index (χ0) is 28.1. The number of hydrogen-bond acceptors (Lipinski definition) is 6. The number of aromatic nitrogens is 1. The summed E-state index contributed by atoms with van der Waals surface area (Å²) in [7, 11) is 0. The molecule has 1 aliphatic rings. The molecule has 1 saturated heterocycles. The van der Waals surface area contributed by atoms with Crippen molar-refractivity contribution in [1.82, 2.24) is 15.2 Å². The van der Waals surface area contributed by atoms with Gasteiger partial charge in [-0.25, -0.2) is 0 Å². The van der Waals surface area contributed by atoms with E-state index >= 15 is 0 Å². The number of fused-ring (bicyclic) bond motifs is 1. The first-order valence-electron chi connectivity index (χ1n) is 13.1. The highest BCUT2D eigenvalue weighted by Gasteiger charge is 2.20. The van der Waals surface area contributed by atoms with E-state index < -0.39 is 6.10 Å². The lowest BCUT2D eigenvalue weighted by atomic mass is 10.0. The smallest absolute Gasteiger partial charge is 0.248 e. The molecule has 3 aromatic rings. The van der Waals surface area contributed by atoms with Gasteiger partial charge in [0.2, 0.25) is 12.0 Å². The number of aliphatic hydroxyl groups excluding tert-OH is 1. The van der Waals surface area contributed by atoms with E-state index in [0.717, 1.165) is 43.9 Å². The van der Waals surface area contributed by atoms with Crippen LogP contribution >= 0.6 is 11.6 Å². The number of pyridine rings is 1. The molecule has 1 fully saturated rings. The lowest BCUT2D eigenvalue weighted by molar-refractivity contribution is -0.106. The maximum atomic E-state index is 11.5. The summed E-state index contributed by atoms with van der Waals surface area (Å²) in [4.78, 5) is 25.2. The van der Waals surface area contributed by atoms with E-state index in [0.29, 0.717) is 29.1 Å². The number of rotatable bonds is 7. The number of carbonyl (C=O) groups excluding carboxylic acids is 1. The molecule has 9 heteroatoms. The number of hydrogen-bond donors (Lipinski definition) is 5. The maximum Gasteiger partial charge on any atom is 0.248 e. The first-order chi connectivity index (χ1) is 18.2. The molecule has 0 saturated carbocycles. The van der Waals surface area contributed by atoms with Crippen molar-refractivity contribution in [2.45, 2.75) is 58.6 Å². The Morgan fingerprint density at radius 3 is 2.47 bits per heavy atom. The normalized spacial score (nSPS) is 14.7. The SMILES string of the molecule is CCCN1CCC(NCC(O)c2ccc(O)c3[nH]c(=O)ccc23)CC1.CCc1cccc(Cl)c1C.NC=O. The zero-order valence-electron chi connectivity index (χ0n) is 22.5. The number of amides is 1. The largest absolute Gasteiger partial charge is 0.506 e. The molecule has 2 aromatic carbocycles. The molecule has 0 bridgehead atoms. The lowest BCUT2D eigenvalue weighted by Gasteiger charge is -2.32. The Labute approximate surface area is 229 Å². The molecule has 8 nitrogen and oxygen atoms in total. The molecule has 208 valence electrons. The van der Waals surface area contributed by atoms with Crippen LogP contribution in [0.3, 0.4) is 0 Å². The van der Waals surface area contributed by atoms with Crippen LogP contribution in [0.25, 0.3) is 10.9 Å². The molecule has 4 rings (SSSR count). The number of likely N-dealkylation sites (tertiary alicyclic amines) is 1. The van der Waals surface area contributed by atoms with Gasteiger partial charge in [0.05, 0.1) is 11.6 Å². The fourth-order valence-electron chi connectivity index (χ4n) is 4.65. The van der Waals surface area contributed by atoms with Gasteiger partial charge in [-0.15, -0.1) is 0 Å². The number of H-pyrrole nitrogens is 1. The number of nitrogens with one attached hydrogen (secondary N) is 2. The van der Waals surface area contributed by atoms with Gasteiger partial charge < -0.3 is 31.1 Å². The summed E-state index contributed by atoms with van der Waals surface area (Å²) in [5.41, 5.74) is 7.53. The van der Waals surface area contributed by atoms with Crippen molar-refractivity contribution in [1.29, 1.82) is 0 Å². The summed E-state index contributed by atoms with van der Waals surface area (Å²) in [5.74, 6) is 0.0138. The van der Waals surface area contributed by atoms with Gasteiger partial charge in [0, 0.05) is 29.1 Å². The molecule has 1 amide bonds. The van der Waals surface area contributed by atoms with Crippen LogP contribution in [0.5, 0.6) is 5.75 Å². The molecule has 2 heterocycles. The number of benzene rings is 2. The number of halogens is 1. The van der Waals surface area contributed by atoms with Crippen molar-refractivity contribution >= 4 is 28.9 Å². The number of phenolic OH excluding ortho intramolecular Hbond substituents is 1. The number of nitrogens with two attached hydrogens (primary N) is 1. The predicted molar refractivity (Wildman–Crippen MR) is 155 cm³/mol. The third-order valence-electron chi connectivity index (χ3n) is 6.75. The third-order valence-corrected chi connectivity index (χ3v) is 7.16. The number of phenols is 1. The van der Waals surface area contributed by atoms with E-state index in [1.165, 1.54) is 29.7 Å². The molecule has 38 heavy (non-hydrogen) atoms. The van der Waals surface area contributed by atoms with Gasteiger partial charge in [-0.3, -0.25) is 9.59 Å². The number of carbonyl (C=O) groups is 1. The average molecular weight is 545 g/mol. The number of aromatic amines is 1. The first-order valence-corrected chi connectivity index (χ1v) is 13.5. The van der Waals surface area contributed by atoms with E-state index in [2.05, 4.69) is 47.8 Å². The van der Waals surface area contributed by atoms with Crippen LogP contribution in [-0.2, 0) is 11.2 Å². The summed E-state index contributed by atoms with van der Waals surface area (Å²) < 4.78 is 0. The molecule has 1 unspecified atom stereocenters. The van der Waals surface area contributed by atoms with E-state index in [4.69, 9.17) is 16.4 Å². The average Bonchev–Trinajstić information content (AvgIpc) is 2.91. The molecule has 1 atom stereocenters. The van der Waals surface area contributed by atoms with Crippen molar-refractivity contribution in [3.63, 3.8) is 0 Å². The molecular formula is C29H41ClN4O4. The van der Waals surface area contributed by atoms with E-state index in [1.54, 1.807) is 12.1 Å². The molecule has 1 aliphatic heterocycles. The molecule has 0 radical (unpaired) electrons. The van der Waals surface area contributed by atoms with Gasteiger partial charge in [0.1, 0.15) is 5.75 Å². The summed E-state index contributed by atoms with van der Waals surface area (Å²) in [6.45, 7) is 10.2. The van der Waals surface area contributed by atoms with E-state index in [9.17, 15) is 15.0 Å². The summed E-state index contributed by atoms with van der Waals surface area (Å²) >= 11 is 5.89. The standard InChI is InChI=1S/C19H27N3O3.C9H11Cl.CH3NO/c1-2-9-22-10-7-13(8-11-22)20-12-17(24)14-3-5-16(23)19-15(14)4-6-18(25)21-19;1-3-8-5-4-6-9(10)7(8)2;2-1-3/h3-6,13,17,20,23-24H,2,7-12H2,1H3,(H,21,25);4-6H,3H2,1-2H3;1H,(H2,2,3). The van der Waals surface area contributed by atoms with Crippen LogP contribution in [0.1, 0.15) is 55.9 Å². The van der Waals surface area contributed by atoms with Crippen LogP contribution in [0, 0.1) is 6.92 Å². The highest BCUT2D eigenvalue weighted by molar-refractivity contribution is 6.31. The topological polar surface area (TPSA) is 132 Å². The second kappa shape index (κ2) is 16.1. The minimum absolute atomic E-state index is 0.0138. The number of piperidine rings is 1. The van der Waals surface area contributed by atoms with Crippen molar-refractivity contribution in [3.8, 4) is 5.75 Å². The van der Waals surface area contributed by atoms with Crippen LogP contribution in [0.4, 0.5) is 0 Å². The van der Waals surface area contributed by atoms with Gasteiger partial charge in [0.15, 0.2) is 0 Å². The van der Waals surface area contributed by atoms with Gasteiger partial charge in [-0.05, 0) is 87.1 Å². The summed E-state index contributed by atoms with van der Waals surface area (Å²) in [6.07, 6.45) is 3.99. The molecule has 1 aromatic heterocycles. The number of aromatic hydroxyl groups is 1.